The van der Waals surface area contributed by atoms with Gasteiger partial charge in [0.15, 0.2) is 11.3 Å². The van der Waals surface area contributed by atoms with Crippen LogP contribution in [0.5, 0.6) is 0 Å². The molecule has 0 saturated carbocycles. The van der Waals surface area contributed by atoms with Crippen molar-refractivity contribution in [1.29, 1.82) is 5.26 Å². The molecular formula is C8H3ClFN3. The van der Waals surface area contributed by atoms with E-state index in [1.165, 1.54) is 16.8 Å². The van der Waals surface area contributed by atoms with Gasteiger partial charge in [-0.2, -0.15) is 5.26 Å². The first-order chi connectivity index (χ1) is 6.20. The Bertz CT molecular complexity index is 512. The molecule has 0 spiro atoms. The van der Waals surface area contributed by atoms with E-state index in [-0.39, 0.29) is 10.7 Å². The van der Waals surface area contributed by atoms with Crippen molar-refractivity contribution in [3.63, 3.8) is 0 Å². The standard InChI is InChI=1S/C8H3ClFN3/c9-7-1-5(10)3-13-4-6(2-11)12-8(7)13/h1,3-4H. The molecule has 5 heteroatoms. The molecule has 0 radical (unpaired) electrons. The molecule has 64 valence electrons. The van der Waals surface area contributed by atoms with Gasteiger partial charge in [-0.25, -0.2) is 9.37 Å². The first kappa shape index (κ1) is 8.02. The highest BCUT2D eigenvalue weighted by molar-refractivity contribution is 6.33. The van der Waals surface area contributed by atoms with Gasteiger partial charge in [0, 0.05) is 12.4 Å². The predicted molar refractivity (Wildman–Crippen MR) is 44.9 cm³/mol. The van der Waals surface area contributed by atoms with Gasteiger partial charge in [0.1, 0.15) is 11.9 Å². The number of hydrogen-bond acceptors (Lipinski definition) is 2. The maximum absolute atomic E-state index is 12.8. The Morgan fingerprint density at radius 1 is 1.54 bits per heavy atom. The summed E-state index contributed by atoms with van der Waals surface area (Å²) >= 11 is 5.70. The second-order valence-corrected chi connectivity index (χ2v) is 2.88. The minimum absolute atomic E-state index is 0.196. The molecule has 0 unspecified atom stereocenters. The molecule has 0 aliphatic rings. The number of pyridine rings is 1. The first-order valence-corrected chi connectivity index (χ1v) is 3.82. The lowest BCUT2D eigenvalue weighted by Crippen LogP contribution is -1.86. The fourth-order valence-electron chi connectivity index (χ4n) is 1.08. The van der Waals surface area contributed by atoms with Gasteiger partial charge < -0.3 is 4.40 Å². The molecule has 13 heavy (non-hydrogen) atoms. The van der Waals surface area contributed by atoms with Crippen molar-refractivity contribution in [1.82, 2.24) is 9.38 Å². The van der Waals surface area contributed by atoms with Crippen LogP contribution in [0, 0.1) is 17.1 Å². The summed E-state index contributed by atoms with van der Waals surface area (Å²) in [4.78, 5) is 3.88. The van der Waals surface area contributed by atoms with Crippen LogP contribution in [0.15, 0.2) is 18.5 Å². The van der Waals surface area contributed by atoms with Gasteiger partial charge in [0.2, 0.25) is 0 Å². The summed E-state index contributed by atoms with van der Waals surface area (Å²) in [5.74, 6) is -0.459. The minimum Gasteiger partial charge on any atom is -0.302 e. The SMILES string of the molecule is N#Cc1cn2cc(F)cc(Cl)c2n1. The first-order valence-electron chi connectivity index (χ1n) is 3.44. The van der Waals surface area contributed by atoms with Crippen molar-refractivity contribution in [2.45, 2.75) is 0 Å². The zero-order chi connectivity index (χ0) is 9.42. The van der Waals surface area contributed by atoms with Crippen molar-refractivity contribution < 1.29 is 4.39 Å². The molecular weight excluding hydrogens is 193 g/mol. The second kappa shape index (κ2) is 2.71. The molecule has 2 aromatic heterocycles. The van der Waals surface area contributed by atoms with Gasteiger partial charge in [0.05, 0.1) is 5.02 Å². The molecule has 3 nitrogen and oxygen atoms in total. The summed E-state index contributed by atoms with van der Waals surface area (Å²) in [7, 11) is 0. The molecule has 0 fully saturated rings. The van der Waals surface area contributed by atoms with Crippen LogP contribution in [0.3, 0.4) is 0 Å². The quantitative estimate of drug-likeness (QED) is 0.645. The second-order valence-electron chi connectivity index (χ2n) is 2.48. The lowest BCUT2D eigenvalue weighted by molar-refractivity contribution is 0.619. The van der Waals surface area contributed by atoms with E-state index >= 15 is 0 Å². The van der Waals surface area contributed by atoms with Crippen LogP contribution in [0.1, 0.15) is 5.69 Å². The highest BCUT2D eigenvalue weighted by Crippen LogP contribution is 2.17. The van der Waals surface area contributed by atoms with Crippen LogP contribution in [0.25, 0.3) is 5.65 Å². The van der Waals surface area contributed by atoms with Crippen LogP contribution in [0.4, 0.5) is 4.39 Å². The molecule has 2 rings (SSSR count). The predicted octanol–water partition coefficient (Wildman–Crippen LogP) is 2.00. The van der Waals surface area contributed by atoms with Gasteiger partial charge >= 0.3 is 0 Å². The Labute approximate surface area is 78.0 Å². The Hall–Kier alpha value is -1.60. The summed E-state index contributed by atoms with van der Waals surface area (Å²) in [5, 5.41) is 8.73. The molecule has 0 bridgehead atoms. The van der Waals surface area contributed by atoms with E-state index in [0.717, 1.165) is 6.07 Å². The summed E-state index contributed by atoms with van der Waals surface area (Å²) in [6.07, 6.45) is 2.64. The van der Waals surface area contributed by atoms with Gasteiger partial charge in [-0.1, -0.05) is 11.6 Å². The topological polar surface area (TPSA) is 41.1 Å². The van der Waals surface area contributed by atoms with E-state index in [4.69, 9.17) is 16.9 Å². The van der Waals surface area contributed by atoms with Crippen molar-refractivity contribution in [3.8, 4) is 6.07 Å². The molecule has 0 N–H and O–H groups in total. The number of nitriles is 1. The molecule has 0 saturated heterocycles. The van der Waals surface area contributed by atoms with E-state index in [1.807, 2.05) is 6.07 Å². The summed E-state index contributed by atoms with van der Waals surface area (Å²) in [6, 6.07) is 3.01. The fraction of sp³-hybridized carbons (Fsp3) is 0. The molecule has 0 amide bonds. The van der Waals surface area contributed by atoms with Gasteiger partial charge in [-0.3, -0.25) is 0 Å². The molecule has 2 aromatic rings. The van der Waals surface area contributed by atoms with Crippen LogP contribution in [-0.2, 0) is 0 Å². The third-order valence-electron chi connectivity index (χ3n) is 1.59. The maximum atomic E-state index is 12.8. The summed E-state index contributed by atoms with van der Waals surface area (Å²) in [6.45, 7) is 0. The van der Waals surface area contributed by atoms with Gasteiger partial charge in [0.25, 0.3) is 0 Å². The summed E-state index contributed by atoms with van der Waals surface area (Å²) in [5.41, 5.74) is 0.604. The van der Waals surface area contributed by atoms with Crippen molar-refractivity contribution in [2.75, 3.05) is 0 Å². The Kier molecular flexibility index (Phi) is 1.67. The maximum Gasteiger partial charge on any atom is 0.159 e. The van der Waals surface area contributed by atoms with E-state index in [2.05, 4.69) is 4.98 Å². The summed E-state index contributed by atoms with van der Waals surface area (Å²) < 4.78 is 14.2. The lowest BCUT2D eigenvalue weighted by Gasteiger charge is -1.94. The number of rotatable bonds is 0. The lowest BCUT2D eigenvalue weighted by atomic mass is 10.4. The highest BCUT2D eigenvalue weighted by atomic mass is 35.5. The van der Waals surface area contributed by atoms with Crippen molar-refractivity contribution in [3.05, 3.63) is 35.0 Å². The van der Waals surface area contributed by atoms with Crippen LogP contribution in [-0.4, -0.2) is 9.38 Å². The molecule has 0 aliphatic carbocycles. The van der Waals surface area contributed by atoms with Crippen molar-refractivity contribution in [2.24, 2.45) is 0 Å². The Morgan fingerprint density at radius 3 is 3.00 bits per heavy atom. The minimum atomic E-state index is -0.459. The average molecular weight is 196 g/mol. The number of hydrogen-bond donors (Lipinski definition) is 0. The van der Waals surface area contributed by atoms with Crippen LogP contribution in [0.2, 0.25) is 5.02 Å². The van der Waals surface area contributed by atoms with E-state index in [0.29, 0.717) is 5.65 Å². The fourth-order valence-corrected chi connectivity index (χ4v) is 1.32. The number of nitrogens with zero attached hydrogens (tertiary/aromatic N) is 3. The number of imidazole rings is 1. The molecule has 2 heterocycles. The monoisotopic (exact) mass is 195 g/mol. The van der Waals surface area contributed by atoms with Crippen LogP contribution >= 0.6 is 11.6 Å². The number of fused-ring (bicyclic) bond motifs is 1. The molecule has 0 aliphatic heterocycles. The zero-order valence-corrected chi connectivity index (χ0v) is 7.09. The third-order valence-corrected chi connectivity index (χ3v) is 1.87. The Balaban J connectivity index is 2.84. The van der Waals surface area contributed by atoms with E-state index in [9.17, 15) is 4.39 Å². The largest absolute Gasteiger partial charge is 0.302 e. The normalized spacial score (nSPS) is 10.2. The third kappa shape index (κ3) is 1.23. The highest BCUT2D eigenvalue weighted by Gasteiger charge is 2.06. The van der Waals surface area contributed by atoms with Gasteiger partial charge in [-0.05, 0) is 6.07 Å². The van der Waals surface area contributed by atoms with Crippen molar-refractivity contribution >= 4 is 17.2 Å². The molecule has 0 aromatic carbocycles. The van der Waals surface area contributed by atoms with Crippen LogP contribution < -0.4 is 0 Å². The smallest absolute Gasteiger partial charge is 0.159 e. The van der Waals surface area contributed by atoms with Gasteiger partial charge in [-0.15, -0.1) is 0 Å². The van der Waals surface area contributed by atoms with E-state index in [1.54, 1.807) is 0 Å². The average Bonchev–Trinajstić information content (AvgIpc) is 2.47. The number of aromatic nitrogens is 2. The zero-order valence-electron chi connectivity index (χ0n) is 6.33. The van der Waals surface area contributed by atoms with E-state index < -0.39 is 5.82 Å². The molecule has 0 atom stereocenters. The number of halogens is 2. The Morgan fingerprint density at radius 2 is 2.31 bits per heavy atom.